The van der Waals surface area contributed by atoms with Crippen LogP contribution in [0.5, 0.6) is 0 Å². The number of allylic oxidation sites excluding steroid dienone is 1. The van der Waals surface area contributed by atoms with Gasteiger partial charge in [0.05, 0.1) is 36.6 Å². The summed E-state index contributed by atoms with van der Waals surface area (Å²) < 4.78 is 12.1. The maximum atomic E-state index is 14.6. The molecule has 3 amide bonds. The zero-order valence-corrected chi connectivity index (χ0v) is 24.6. The van der Waals surface area contributed by atoms with Gasteiger partial charge >= 0.3 is 5.97 Å². The minimum Gasteiger partial charge on any atom is -0.463 e. The Kier molecular flexibility index (Phi) is 8.38. The van der Waals surface area contributed by atoms with Gasteiger partial charge in [-0.1, -0.05) is 85.0 Å². The Morgan fingerprint density at radius 1 is 1.00 bits per heavy atom. The maximum absolute atomic E-state index is 14.6. The molecule has 0 saturated carbocycles. The first-order valence-corrected chi connectivity index (χ1v) is 15.1. The second-order valence-corrected chi connectivity index (χ2v) is 11.8. The van der Waals surface area contributed by atoms with E-state index in [1.165, 1.54) is 4.90 Å². The molecule has 1 spiro atoms. The summed E-state index contributed by atoms with van der Waals surface area (Å²) >= 11 is 0. The number of aliphatic hydroxyl groups is 1. The van der Waals surface area contributed by atoms with Crippen molar-refractivity contribution in [1.29, 1.82) is 0 Å². The number of esters is 1. The number of benzene rings is 2. The van der Waals surface area contributed by atoms with Crippen molar-refractivity contribution in [3.8, 4) is 0 Å². The van der Waals surface area contributed by atoms with Crippen LogP contribution < -0.4 is 5.32 Å². The highest BCUT2D eigenvalue weighted by molar-refractivity contribution is 6.00. The monoisotopic (exact) mass is 599 g/mol. The molecule has 230 valence electrons. The summed E-state index contributed by atoms with van der Waals surface area (Å²) in [4.78, 5) is 58.6. The Morgan fingerprint density at radius 3 is 2.45 bits per heavy atom. The Morgan fingerprint density at radius 2 is 1.73 bits per heavy atom. The molecule has 10 heteroatoms. The number of fused-ring (bicyclic) bond motifs is 2. The molecule has 5 bridgehead atoms. The molecule has 4 heterocycles. The normalized spacial score (nSPS) is 31.9. The molecule has 0 unspecified atom stereocenters. The van der Waals surface area contributed by atoms with Crippen molar-refractivity contribution in [3.63, 3.8) is 0 Å². The van der Waals surface area contributed by atoms with E-state index in [1.807, 2.05) is 72.8 Å². The van der Waals surface area contributed by atoms with E-state index >= 15 is 0 Å². The largest absolute Gasteiger partial charge is 0.463 e. The molecule has 7 atom stereocenters. The highest BCUT2D eigenvalue weighted by atomic mass is 16.5. The number of aliphatic hydroxyl groups excluding tert-OH is 1. The van der Waals surface area contributed by atoms with Crippen LogP contribution >= 0.6 is 0 Å². The van der Waals surface area contributed by atoms with Crippen LogP contribution in [0, 0.1) is 11.8 Å². The predicted octanol–water partition coefficient (Wildman–Crippen LogP) is 2.30. The van der Waals surface area contributed by atoms with Crippen molar-refractivity contribution in [2.75, 3.05) is 19.8 Å². The smallest absolute Gasteiger partial charge is 0.306 e. The highest BCUT2D eigenvalue weighted by Gasteiger charge is 2.73. The number of hydrogen-bond acceptors (Lipinski definition) is 7. The molecule has 6 rings (SSSR count). The zero-order valence-electron chi connectivity index (χ0n) is 24.6. The number of rotatable bonds is 5. The number of nitrogens with zero attached hydrogens (tertiary/aromatic N) is 2. The minimum absolute atomic E-state index is 0.0736. The number of hydrogen-bond donors (Lipinski definition) is 2. The van der Waals surface area contributed by atoms with Gasteiger partial charge in [-0.15, -0.1) is 0 Å². The average molecular weight is 600 g/mol. The zero-order chi connectivity index (χ0) is 30.8. The van der Waals surface area contributed by atoms with Crippen LogP contribution in [0.25, 0.3) is 0 Å². The number of cyclic esters (lactones) is 1. The molecule has 2 N–H and O–H groups in total. The van der Waals surface area contributed by atoms with E-state index in [0.717, 1.165) is 11.1 Å². The molecule has 10 nitrogen and oxygen atoms in total. The van der Waals surface area contributed by atoms with Crippen molar-refractivity contribution >= 4 is 23.7 Å². The van der Waals surface area contributed by atoms with E-state index in [4.69, 9.17) is 9.47 Å². The van der Waals surface area contributed by atoms with Crippen LogP contribution in [-0.2, 0) is 35.2 Å². The van der Waals surface area contributed by atoms with Gasteiger partial charge in [0.25, 0.3) is 0 Å². The molecule has 44 heavy (non-hydrogen) atoms. The van der Waals surface area contributed by atoms with E-state index in [9.17, 15) is 24.3 Å². The van der Waals surface area contributed by atoms with Crippen molar-refractivity contribution in [2.45, 2.75) is 56.1 Å². The predicted molar refractivity (Wildman–Crippen MR) is 159 cm³/mol. The first-order valence-electron chi connectivity index (χ1n) is 15.1. The summed E-state index contributed by atoms with van der Waals surface area (Å²) in [6, 6.07) is 16.3. The quantitative estimate of drug-likeness (QED) is 0.399. The Labute approximate surface area is 256 Å². The van der Waals surface area contributed by atoms with Crippen LogP contribution in [0.3, 0.4) is 0 Å². The summed E-state index contributed by atoms with van der Waals surface area (Å²) in [5.74, 6) is -3.47. The van der Waals surface area contributed by atoms with E-state index in [1.54, 1.807) is 24.0 Å². The number of ether oxygens (including phenoxy) is 2. The van der Waals surface area contributed by atoms with Gasteiger partial charge in [-0.25, -0.2) is 0 Å². The van der Waals surface area contributed by atoms with Crippen molar-refractivity contribution in [2.24, 2.45) is 11.8 Å². The van der Waals surface area contributed by atoms with Gasteiger partial charge in [-0.2, -0.15) is 0 Å². The first kappa shape index (κ1) is 29.8. The van der Waals surface area contributed by atoms with E-state index in [0.29, 0.717) is 6.42 Å². The summed E-state index contributed by atoms with van der Waals surface area (Å²) in [7, 11) is 0. The number of nitrogens with one attached hydrogen (secondary N) is 1. The lowest BCUT2D eigenvalue weighted by Gasteiger charge is -2.37. The Bertz CT molecular complexity index is 1460. The van der Waals surface area contributed by atoms with Gasteiger partial charge in [-0.05, 0) is 24.5 Å². The van der Waals surface area contributed by atoms with E-state index in [2.05, 4.69) is 5.32 Å². The minimum atomic E-state index is -1.37. The third-order valence-electron chi connectivity index (χ3n) is 9.05. The van der Waals surface area contributed by atoms with Gasteiger partial charge in [0, 0.05) is 19.5 Å². The fourth-order valence-corrected chi connectivity index (χ4v) is 6.90. The molecule has 2 fully saturated rings. The molecule has 0 aliphatic carbocycles. The molecule has 2 saturated heterocycles. The summed E-state index contributed by atoms with van der Waals surface area (Å²) in [5.41, 5.74) is 0.282. The third-order valence-corrected chi connectivity index (χ3v) is 9.05. The summed E-state index contributed by atoms with van der Waals surface area (Å²) in [6.45, 7) is 1.75. The fourth-order valence-electron chi connectivity index (χ4n) is 6.90. The lowest BCUT2D eigenvalue weighted by molar-refractivity contribution is -0.150. The molecular weight excluding hydrogens is 562 g/mol. The Balaban J connectivity index is 1.41. The standard InChI is InChI=1S/C34H37N3O7/c1-22(20-38)37-30-33(42)36(19-23-11-5-2-6-12-23)18-10-4-9-15-27(39)43-21-25(24-13-7-3-8-14-24)35-31(40)28-26-16-17-34(30,44-26)29(28)32(37)41/h2-8,10-14,16-17,22,25-26,28-30,38H,9,15,18-21H2,1H3,(H,35,40)/b10-4-/t22-,25-,26-,28+,29+,30-,34+/m1/s1. The maximum Gasteiger partial charge on any atom is 0.306 e. The fraction of sp³-hybridized carbons (Fsp3) is 0.412. The molecule has 2 aromatic rings. The highest BCUT2D eigenvalue weighted by Crippen LogP contribution is 2.56. The molecule has 4 aliphatic rings. The average Bonchev–Trinajstić information content (AvgIpc) is 3.69. The Hall–Kier alpha value is -4.28. The summed E-state index contributed by atoms with van der Waals surface area (Å²) in [6.07, 6.45) is 7.03. The van der Waals surface area contributed by atoms with Crippen LogP contribution in [0.15, 0.2) is 85.0 Å². The molecule has 4 aliphatic heterocycles. The topological polar surface area (TPSA) is 125 Å². The number of amides is 3. The van der Waals surface area contributed by atoms with Gasteiger partial charge in [0.2, 0.25) is 17.7 Å². The molecule has 0 radical (unpaired) electrons. The summed E-state index contributed by atoms with van der Waals surface area (Å²) in [5, 5.41) is 13.2. The van der Waals surface area contributed by atoms with Crippen molar-refractivity contribution < 1.29 is 33.8 Å². The lowest BCUT2D eigenvalue weighted by Crippen LogP contribution is -2.57. The first-order chi connectivity index (χ1) is 21.3. The van der Waals surface area contributed by atoms with Crippen LogP contribution in [0.1, 0.15) is 36.9 Å². The third kappa shape index (κ3) is 5.33. The lowest BCUT2D eigenvalue weighted by atomic mass is 9.74. The van der Waals surface area contributed by atoms with Crippen molar-refractivity contribution in [1.82, 2.24) is 15.1 Å². The van der Waals surface area contributed by atoms with Gasteiger partial charge < -0.3 is 29.7 Å². The SMILES string of the molecule is C[C@H](CO)N1C(=O)[C@@H]2[C@H]3C(=O)N[C@@H](c4ccccc4)COC(=O)CC/C=C\CN(Cc4ccccc4)C(=O)[C@@H]1[C@]21C=C[C@H]3O1. The van der Waals surface area contributed by atoms with Gasteiger partial charge in [-0.3, -0.25) is 19.2 Å². The van der Waals surface area contributed by atoms with Gasteiger partial charge in [0.15, 0.2) is 0 Å². The molecular formula is C34H37N3O7. The number of likely N-dealkylation sites (tertiary alicyclic amines) is 1. The molecule has 2 aromatic carbocycles. The van der Waals surface area contributed by atoms with Crippen molar-refractivity contribution in [3.05, 3.63) is 96.1 Å². The molecule has 0 aromatic heterocycles. The second-order valence-electron chi connectivity index (χ2n) is 11.8. The van der Waals surface area contributed by atoms with E-state index < -0.39 is 59.5 Å². The van der Waals surface area contributed by atoms with Crippen LogP contribution in [0.2, 0.25) is 0 Å². The number of carbonyl (C=O) groups is 4. The van der Waals surface area contributed by atoms with Gasteiger partial charge in [0.1, 0.15) is 18.2 Å². The second kappa shape index (κ2) is 12.4. The van der Waals surface area contributed by atoms with Crippen LogP contribution in [0.4, 0.5) is 0 Å². The number of carbonyl (C=O) groups excluding carboxylic acids is 4. The van der Waals surface area contributed by atoms with Crippen LogP contribution in [-0.4, -0.2) is 82.1 Å². The van der Waals surface area contributed by atoms with E-state index in [-0.39, 0.29) is 38.6 Å².